The standard InChI is InChI=1S/C18H22N4O2S/c1-3-9-19-18(25)22-11-6-10-21(22)17(23)15-12-16(24-2)13-7-4-5-8-14(13)20-15/h4-5,7-8,12H,3,6,9-11H2,1-2H3,(H,19,25). The van der Waals surface area contributed by atoms with Crippen LogP contribution >= 0.6 is 12.2 Å². The van der Waals surface area contributed by atoms with Crippen molar-refractivity contribution in [1.29, 1.82) is 0 Å². The lowest BCUT2D eigenvalue weighted by molar-refractivity contribution is 0.0486. The van der Waals surface area contributed by atoms with Gasteiger partial charge in [-0.05, 0) is 37.2 Å². The van der Waals surface area contributed by atoms with Crippen LogP contribution in [-0.4, -0.2) is 52.8 Å². The summed E-state index contributed by atoms with van der Waals surface area (Å²) in [5.41, 5.74) is 1.10. The Bertz CT molecular complexity index is 796. The zero-order valence-corrected chi connectivity index (χ0v) is 15.3. The van der Waals surface area contributed by atoms with Gasteiger partial charge in [-0.3, -0.25) is 9.80 Å². The first-order chi connectivity index (χ1) is 12.2. The molecule has 1 aromatic carbocycles. The van der Waals surface area contributed by atoms with Crippen molar-refractivity contribution in [2.24, 2.45) is 0 Å². The summed E-state index contributed by atoms with van der Waals surface area (Å²) in [6, 6.07) is 9.33. The van der Waals surface area contributed by atoms with E-state index < -0.39 is 0 Å². The van der Waals surface area contributed by atoms with Crippen LogP contribution in [0.1, 0.15) is 30.3 Å². The SMILES string of the molecule is CCCNC(=S)N1CCCN1C(=O)c1cc(OC)c2ccccc2n1. The molecule has 0 atom stereocenters. The molecule has 3 rings (SSSR count). The molecule has 1 aromatic heterocycles. The molecule has 1 saturated heterocycles. The topological polar surface area (TPSA) is 57.7 Å². The summed E-state index contributed by atoms with van der Waals surface area (Å²) in [7, 11) is 1.60. The van der Waals surface area contributed by atoms with Crippen molar-refractivity contribution in [2.45, 2.75) is 19.8 Å². The minimum atomic E-state index is -0.165. The number of nitrogens with one attached hydrogen (secondary N) is 1. The number of hydrogen-bond acceptors (Lipinski definition) is 4. The second kappa shape index (κ2) is 7.65. The normalized spacial score (nSPS) is 14.0. The Labute approximate surface area is 152 Å². The van der Waals surface area contributed by atoms with Crippen molar-refractivity contribution in [3.63, 3.8) is 0 Å². The van der Waals surface area contributed by atoms with Crippen LogP contribution in [0.3, 0.4) is 0 Å². The molecular formula is C18H22N4O2S. The number of hydrogen-bond donors (Lipinski definition) is 1. The maximum Gasteiger partial charge on any atom is 0.291 e. The molecule has 1 aliphatic heterocycles. The second-order valence-electron chi connectivity index (χ2n) is 5.86. The highest BCUT2D eigenvalue weighted by Crippen LogP contribution is 2.26. The molecule has 2 heterocycles. The second-order valence-corrected chi connectivity index (χ2v) is 6.25. The Kier molecular flexibility index (Phi) is 5.33. The van der Waals surface area contributed by atoms with Crippen LogP contribution in [0.2, 0.25) is 0 Å². The maximum atomic E-state index is 13.0. The zero-order valence-electron chi connectivity index (χ0n) is 14.5. The number of aromatic nitrogens is 1. The number of carbonyl (C=O) groups is 1. The Hall–Kier alpha value is -2.41. The van der Waals surface area contributed by atoms with Crippen LogP contribution in [-0.2, 0) is 0 Å². The Morgan fingerprint density at radius 2 is 2.08 bits per heavy atom. The molecule has 1 fully saturated rings. The molecule has 7 heteroatoms. The van der Waals surface area contributed by atoms with E-state index in [1.54, 1.807) is 18.2 Å². The first-order valence-electron chi connectivity index (χ1n) is 8.46. The van der Waals surface area contributed by atoms with E-state index in [1.165, 1.54) is 0 Å². The van der Waals surface area contributed by atoms with E-state index in [-0.39, 0.29) is 5.91 Å². The largest absolute Gasteiger partial charge is 0.496 e. The van der Waals surface area contributed by atoms with Crippen molar-refractivity contribution < 1.29 is 9.53 Å². The molecule has 0 spiro atoms. The average molecular weight is 358 g/mol. The fourth-order valence-electron chi connectivity index (χ4n) is 2.91. The molecule has 6 nitrogen and oxygen atoms in total. The number of fused-ring (bicyclic) bond motifs is 1. The number of nitrogens with zero attached hydrogens (tertiary/aromatic N) is 3. The molecule has 0 aliphatic carbocycles. The Balaban J connectivity index is 1.89. The number of rotatable bonds is 4. The Morgan fingerprint density at radius 1 is 1.32 bits per heavy atom. The van der Waals surface area contributed by atoms with Crippen LogP contribution in [0.5, 0.6) is 5.75 Å². The first-order valence-corrected chi connectivity index (χ1v) is 8.87. The molecule has 2 aromatic rings. The van der Waals surface area contributed by atoms with E-state index in [4.69, 9.17) is 17.0 Å². The van der Waals surface area contributed by atoms with E-state index in [2.05, 4.69) is 17.2 Å². The quantitative estimate of drug-likeness (QED) is 0.848. The van der Waals surface area contributed by atoms with Crippen LogP contribution in [0.15, 0.2) is 30.3 Å². The van der Waals surface area contributed by atoms with Crippen molar-refractivity contribution in [1.82, 2.24) is 20.3 Å². The monoisotopic (exact) mass is 358 g/mol. The Morgan fingerprint density at radius 3 is 2.84 bits per heavy atom. The highest BCUT2D eigenvalue weighted by Gasteiger charge is 2.30. The van der Waals surface area contributed by atoms with Crippen LogP contribution in [0.25, 0.3) is 10.9 Å². The van der Waals surface area contributed by atoms with Crippen molar-refractivity contribution >= 4 is 34.1 Å². The van der Waals surface area contributed by atoms with Gasteiger partial charge in [0.1, 0.15) is 11.4 Å². The molecule has 1 aliphatic rings. The van der Waals surface area contributed by atoms with E-state index >= 15 is 0 Å². The third kappa shape index (κ3) is 3.51. The summed E-state index contributed by atoms with van der Waals surface area (Å²) in [5, 5.41) is 8.15. The fraction of sp³-hybridized carbons (Fsp3) is 0.389. The third-order valence-corrected chi connectivity index (χ3v) is 4.50. The number of pyridine rings is 1. The lowest BCUT2D eigenvalue weighted by Crippen LogP contribution is -2.49. The van der Waals surface area contributed by atoms with Crippen LogP contribution in [0.4, 0.5) is 0 Å². The van der Waals surface area contributed by atoms with E-state index in [1.807, 2.05) is 29.3 Å². The van der Waals surface area contributed by atoms with Gasteiger partial charge in [-0.2, -0.15) is 0 Å². The number of para-hydroxylation sites is 1. The molecule has 0 unspecified atom stereocenters. The summed E-state index contributed by atoms with van der Waals surface area (Å²) in [4.78, 5) is 17.5. The molecule has 1 amide bonds. The van der Waals surface area contributed by atoms with Crippen LogP contribution < -0.4 is 10.1 Å². The fourth-order valence-corrected chi connectivity index (χ4v) is 3.20. The molecule has 0 radical (unpaired) electrons. The highest BCUT2D eigenvalue weighted by atomic mass is 32.1. The number of amides is 1. The smallest absolute Gasteiger partial charge is 0.291 e. The van der Waals surface area contributed by atoms with Gasteiger partial charge >= 0.3 is 0 Å². The zero-order chi connectivity index (χ0) is 17.8. The number of thiocarbonyl (C=S) groups is 1. The summed E-state index contributed by atoms with van der Waals surface area (Å²) in [6.07, 6.45) is 1.86. The van der Waals surface area contributed by atoms with Gasteiger partial charge in [0.15, 0.2) is 5.11 Å². The molecule has 1 N–H and O–H groups in total. The molecule has 0 saturated carbocycles. The van der Waals surface area contributed by atoms with Crippen molar-refractivity contribution in [2.75, 3.05) is 26.7 Å². The van der Waals surface area contributed by atoms with Gasteiger partial charge in [0, 0.05) is 31.1 Å². The number of methoxy groups -OCH3 is 1. The summed E-state index contributed by atoms with van der Waals surface area (Å²) in [5.74, 6) is 0.480. The minimum Gasteiger partial charge on any atom is -0.496 e. The summed E-state index contributed by atoms with van der Waals surface area (Å²) >= 11 is 5.43. The van der Waals surface area contributed by atoms with E-state index in [9.17, 15) is 4.79 Å². The van der Waals surface area contributed by atoms with Gasteiger partial charge < -0.3 is 10.1 Å². The average Bonchev–Trinajstić information content (AvgIpc) is 3.14. The lowest BCUT2D eigenvalue weighted by Gasteiger charge is -2.30. The molecular weight excluding hydrogens is 336 g/mol. The number of ether oxygens (including phenoxy) is 1. The van der Waals surface area contributed by atoms with Gasteiger partial charge in [0.05, 0.1) is 12.6 Å². The third-order valence-electron chi connectivity index (χ3n) is 4.14. The number of benzene rings is 1. The van der Waals surface area contributed by atoms with Crippen molar-refractivity contribution in [3.8, 4) is 5.75 Å². The summed E-state index contributed by atoms with van der Waals surface area (Å²) < 4.78 is 5.45. The van der Waals surface area contributed by atoms with Gasteiger partial charge in [0.25, 0.3) is 5.91 Å². The number of carbonyl (C=O) groups excluding carboxylic acids is 1. The maximum absolute atomic E-state index is 13.0. The van der Waals surface area contributed by atoms with Gasteiger partial charge in [-0.15, -0.1) is 0 Å². The van der Waals surface area contributed by atoms with Gasteiger partial charge in [0.2, 0.25) is 0 Å². The molecule has 25 heavy (non-hydrogen) atoms. The van der Waals surface area contributed by atoms with Gasteiger partial charge in [-0.1, -0.05) is 19.1 Å². The van der Waals surface area contributed by atoms with Gasteiger partial charge in [-0.25, -0.2) is 9.99 Å². The molecule has 132 valence electrons. The van der Waals surface area contributed by atoms with Crippen molar-refractivity contribution in [3.05, 3.63) is 36.0 Å². The van der Waals surface area contributed by atoms with Crippen LogP contribution in [0, 0.1) is 0 Å². The molecule has 0 bridgehead atoms. The van der Waals surface area contributed by atoms with E-state index in [0.29, 0.717) is 23.1 Å². The minimum absolute atomic E-state index is 0.165. The van der Waals surface area contributed by atoms with E-state index in [0.717, 1.165) is 36.8 Å². The first kappa shape index (κ1) is 17.4. The predicted molar refractivity (Wildman–Crippen MR) is 102 cm³/mol. The lowest BCUT2D eigenvalue weighted by atomic mass is 10.1. The summed E-state index contributed by atoms with van der Waals surface area (Å²) in [6.45, 7) is 4.23. The number of hydrazine groups is 1. The highest BCUT2D eigenvalue weighted by molar-refractivity contribution is 7.80. The predicted octanol–water partition coefficient (Wildman–Crippen LogP) is 2.59.